The molecule has 0 aromatic carbocycles. The summed E-state index contributed by atoms with van der Waals surface area (Å²) in [5, 5.41) is 10.4. The molecule has 7 heteroatoms. The molecule has 1 aliphatic heterocycles. The van der Waals surface area contributed by atoms with Gasteiger partial charge in [-0.1, -0.05) is 11.6 Å². The number of pyridine rings is 1. The monoisotopic (exact) mass is 386 g/mol. The van der Waals surface area contributed by atoms with Gasteiger partial charge in [-0.3, -0.25) is 0 Å². The molecule has 5 rings (SSSR count). The number of halogens is 1. The summed E-state index contributed by atoms with van der Waals surface area (Å²) in [7, 11) is 0. The molecule has 1 saturated heterocycles. The molecule has 3 aliphatic rings. The third-order valence-corrected chi connectivity index (χ3v) is 6.58. The molecule has 0 radical (unpaired) electrons. The van der Waals surface area contributed by atoms with Gasteiger partial charge in [0.15, 0.2) is 0 Å². The van der Waals surface area contributed by atoms with Crippen LogP contribution in [0, 0.1) is 5.92 Å². The van der Waals surface area contributed by atoms with Gasteiger partial charge in [-0.05, 0) is 48.8 Å². The minimum atomic E-state index is -0.875. The summed E-state index contributed by atoms with van der Waals surface area (Å²) in [6.07, 6.45) is 5.88. The number of aryl methyl sites for hydroxylation is 1. The quantitative estimate of drug-likeness (QED) is 0.686. The summed E-state index contributed by atoms with van der Waals surface area (Å²) in [6, 6.07) is 1.83. The zero-order valence-corrected chi connectivity index (χ0v) is 15.9. The van der Waals surface area contributed by atoms with Crippen molar-refractivity contribution in [2.75, 3.05) is 26.2 Å². The minimum Gasteiger partial charge on any atom is -0.478 e. The van der Waals surface area contributed by atoms with Gasteiger partial charge in [0.2, 0.25) is 0 Å². The van der Waals surface area contributed by atoms with Gasteiger partial charge in [-0.2, -0.15) is 0 Å². The molecule has 0 amide bonds. The molecule has 6 nitrogen and oxygen atoms in total. The van der Waals surface area contributed by atoms with Gasteiger partial charge >= 0.3 is 5.97 Å². The number of rotatable bonds is 5. The van der Waals surface area contributed by atoms with Gasteiger partial charge < -0.3 is 20.7 Å². The molecule has 0 spiro atoms. The molecule has 2 aromatic heterocycles. The van der Waals surface area contributed by atoms with E-state index in [0.717, 1.165) is 60.1 Å². The Morgan fingerprint density at radius 2 is 2.19 bits per heavy atom. The Kier molecular flexibility index (Phi) is 3.86. The lowest BCUT2D eigenvalue weighted by molar-refractivity contribution is 0.0582. The lowest BCUT2D eigenvalue weighted by Crippen LogP contribution is -2.63. The highest BCUT2D eigenvalue weighted by atomic mass is 35.5. The molecule has 1 saturated carbocycles. The first-order valence-electron chi connectivity index (χ1n) is 9.56. The zero-order chi connectivity index (χ0) is 18.8. The van der Waals surface area contributed by atoms with Crippen LogP contribution in [0.15, 0.2) is 12.3 Å². The maximum Gasteiger partial charge on any atom is 0.337 e. The third-order valence-electron chi connectivity index (χ3n) is 6.37. The molecule has 3 heterocycles. The Labute approximate surface area is 162 Å². The van der Waals surface area contributed by atoms with Crippen LogP contribution in [0.5, 0.6) is 0 Å². The fourth-order valence-electron chi connectivity index (χ4n) is 4.80. The number of hydrogen-bond donors (Lipinski definition) is 3. The van der Waals surface area contributed by atoms with Crippen LogP contribution in [0.4, 0.5) is 0 Å². The van der Waals surface area contributed by atoms with Crippen LogP contribution in [0.3, 0.4) is 0 Å². The van der Waals surface area contributed by atoms with E-state index < -0.39 is 5.97 Å². The number of aromatic nitrogens is 2. The fourth-order valence-corrected chi connectivity index (χ4v) is 4.95. The van der Waals surface area contributed by atoms with Crippen molar-refractivity contribution >= 4 is 17.6 Å². The predicted octanol–water partition coefficient (Wildman–Crippen LogP) is 2.45. The molecule has 2 aromatic rings. The number of carbonyl (C=O) groups is 1. The van der Waals surface area contributed by atoms with Gasteiger partial charge in [0.05, 0.1) is 11.3 Å². The number of aromatic amines is 1. The van der Waals surface area contributed by atoms with E-state index in [1.165, 1.54) is 12.8 Å². The SMILES string of the molecule is NCC1(c2[nH]c3c(c2C(=O)O)CCc2cnc(Cl)cc2-3)CN(CC2CC2)C1. The Hall–Kier alpha value is -1.89. The van der Waals surface area contributed by atoms with Crippen LogP contribution in [0.25, 0.3) is 11.3 Å². The molecule has 2 aliphatic carbocycles. The number of likely N-dealkylation sites (tertiary alicyclic amines) is 1. The molecular weight excluding hydrogens is 364 g/mol. The van der Waals surface area contributed by atoms with Crippen LogP contribution in [-0.2, 0) is 18.3 Å². The van der Waals surface area contributed by atoms with E-state index in [4.69, 9.17) is 17.3 Å². The topological polar surface area (TPSA) is 95.2 Å². The summed E-state index contributed by atoms with van der Waals surface area (Å²) in [5.74, 6) is -0.0577. The average Bonchev–Trinajstić information content (AvgIpc) is 3.34. The van der Waals surface area contributed by atoms with E-state index in [1.54, 1.807) is 6.20 Å². The molecular formula is C20H23ClN4O2. The van der Waals surface area contributed by atoms with Gasteiger partial charge in [-0.25, -0.2) is 9.78 Å². The summed E-state index contributed by atoms with van der Waals surface area (Å²) in [6.45, 7) is 3.19. The van der Waals surface area contributed by atoms with Crippen LogP contribution >= 0.6 is 11.6 Å². The lowest BCUT2D eigenvalue weighted by Gasteiger charge is -2.50. The fraction of sp³-hybridized carbons (Fsp3) is 0.500. The standard InChI is InChI=1S/C20H23ClN4O2/c21-15-5-14-12(6-23-15)3-4-13-16(19(26)27)18(24-17(13)14)20(8-22)9-25(10-20)7-11-1-2-11/h5-6,11,24H,1-4,7-10,22H2,(H,26,27). The number of aromatic carboxylic acids is 1. The Balaban J connectivity index is 1.58. The maximum absolute atomic E-state index is 12.2. The molecule has 0 bridgehead atoms. The van der Waals surface area contributed by atoms with Gasteiger partial charge in [-0.15, -0.1) is 0 Å². The summed E-state index contributed by atoms with van der Waals surface area (Å²) >= 11 is 6.11. The second kappa shape index (κ2) is 6.06. The van der Waals surface area contributed by atoms with Crippen LogP contribution in [0.1, 0.15) is 40.0 Å². The van der Waals surface area contributed by atoms with Crippen molar-refractivity contribution < 1.29 is 9.90 Å². The average molecular weight is 387 g/mol. The highest BCUT2D eigenvalue weighted by molar-refractivity contribution is 6.29. The van der Waals surface area contributed by atoms with Crippen molar-refractivity contribution in [2.45, 2.75) is 31.1 Å². The van der Waals surface area contributed by atoms with E-state index in [1.807, 2.05) is 6.07 Å². The Bertz CT molecular complexity index is 928. The van der Waals surface area contributed by atoms with E-state index in [2.05, 4.69) is 14.9 Å². The van der Waals surface area contributed by atoms with E-state index in [9.17, 15) is 9.90 Å². The number of hydrogen-bond acceptors (Lipinski definition) is 4. The smallest absolute Gasteiger partial charge is 0.337 e. The van der Waals surface area contributed by atoms with Crippen molar-refractivity contribution in [3.05, 3.63) is 39.8 Å². The van der Waals surface area contributed by atoms with E-state index in [0.29, 0.717) is 23.7 Å². The minimum absolute atomic E-state index is 0.309. The first kappa shape index (κ1) is 17.2. The Morgan fingerprint density at radius 3 is 2.85 bits per heavy atom. The van der Waals surface area contributed by atoms with Crippen molar-refractivity contribution in [2.24, 2.45) is 11.7 Å². The van der Waals surface area contributed by atoms with Crippen molar-refractivity contribution in [3.8, 4) is 11.3 Å². The second-order valence-corrected chi connectivity index (χ2v) is 8.68. The van der Waals surface area contributed by atoms with Crippen molar-refractivity contribution in [1.29, 1.82) is 0 Å². The van der Waals surface area contributed by atoms with E-state index >= 15 is 0 Å². The molecule has 142 valence electrons. The predicted molar refractivity (Wildman–Crippen MR) is 103 cm³/mol. The number of H-pyrrole nitrogens is 1. The van der Waals surface area contributed by atoms with E-state index in [-0.39, 0.29) is 5.41 Å². The summed E-state index contributed by atoms with van der Waals surface area (Å²) < 4.78 is 0. The molecule has 4 N–H and O–H groups in total. The zero-order valence-electron chi connectivity index (χ0n) is 15.1. The largest absolute Gasteiger partial charge is 0.478 e. The highest BCUT2D eigenvalue weighted by Gasteiger charge is 2.48. The number of fused-ring (bicyclic) bond motifs is 3. The Morgan fingerprint density at radius 1 is 1.41 bits per heavy atom. The first-order chi connectivity index (χ1) is 13.0. The van der Waals surface area contributed by atoms with Crippen LogP contribution in [0.2, 0.25) is 5.15 Å². The molecule has 27 heavy (non-hydrogen) atoms. The maximum atomic E-state index is 12.2. The number of nitrogens with one attached hydrogen (secondary N) is 1. The summed E-state index contributed by atoms with van der Waals surface area (Å²) in [4.78, 5) is 22.3. The van der Waals surface area contributed by atoms with Gasteiger partial charge in [0.25, 0.3) is 0 Å². The van der Waals surface area contributed by atoms with Crippen molar-refractivity contribution in [1.82, 2.24) is 14.9 Å². The van der Waals surface area contributed by atoms with Gasteiger partial charge in [0.1, 0.15) is 5.15 Å². The molecule has 0 unspecified atom stereocenters. The number of nitrogens with two attached hydrogens (primary N) is 1. The number of carboxylic acid groups (broad SMARTS) is 1. The number of nitrogens with zero attached hydrogens (tertiary/aromatic N) is 2. The normalized spacial score (nSPS) is 20.7. The van der Waals surface area contributed by atoms with Crippen molar-refractivity contribution in [3.63, 3.8) is 0 Å². The second-order valence-electron chi connectivity index (χ2n) is 8.30. The summed E-state index contributed by atoms with van der Waals surface area (Å²) in [5.41, 5.74) is 10.9. The first-order valence-corrected chi connectivity index (χ1v) is 9.94. The lowest BCUT2D eigenvalue weighted by atomic mass is 9.74. The third kappa shape index (κ3) is 2.70. The number of carboxylic acids is 1. The molecule has 2 fully saturated rings. The molecule has 0 atom stereocenters. The van der Waals surface area contributed by atoms with Crippen LogP contribution in [-0.4, -0.2) is 52.1 Å². The van der Waals surface area contributed by atoms with Gasteiger partial charge in [0, 0.05) is 49.0 Å². The van der Waals surface area contributed by atoms with Crippen LogP contribution < -0.4 is 5.73 Å². The highest BCUT2D eigenvalue weighted by Crippen LogP contribution is 2.44.